The number of nitrogens with zero attached hydrogens (tertiary/aromatic N) is 3. The van der Waals surface area contributed by atoms with Gasteiger partial charge in [-0.15, -0.1) is 0 Å². The van der Waals surface area contributed by atoms with Gasteiger partial charge in [-0.25, -0.2) is 9.67 Å². The van der Waals surface area contributed by atoms with Gasteiger partial charge in [-0.05, 0) is 56.1 Å². The molecule has 140 valence electrons. The number of halogens is 2. The first-order chi connectivity index (χ1) is 13.0. The molecule has 1 aromatic carbocycles. The Labute approximate surface area is 167 Å². The third-order valence-corrected chi connectivity index (χ3v) is 5.76. The first kappa shape index (κ1) is 18.3. The molecule has 1 aliphatic rings. The largest absolute Gasteiger partial charge is 0.299 e. The van der Waals surface area contributed by atoms with Crippen LogP contribution in [-0.4, -0.2) is 32.8 Å². The molecule has 0 saturated heterocycles. The van der Waals surface area contributed by atoms with Gasteiger partial charge in [0, 0.05) is 40.1 Å². The number of H-pyrrole nitrogens is 1. The summed E-state index contributed by atoms with van der Waals surface area (Å²) in [4.78, 5) is 19.4. The van der Waals surface area contributed by atoms with Gasteiger partial charge < -0.3 is 0 Å². The van der Waals surface area contributed by atoms with E-state index in [0.29, 0.717) is 22.3 Å². The summed E-state index contributed by atoms with van der Waals surface area (Å²) in [6.45, 7) is 0.717. The molecule has 0 amide bonds. The molecule has 27 heavy (non-hydrogen) atoms. The van der Waals surface area contributed by atoms with E-state index in [1.54, 1.807) is 16.9 Å². The molecule has 0 spiro atoms. The number of likely N-dealkylation sites (N-methyl/N-ethyl adjacent to an activating group) is 1. The van der Waals surface area contributed by atoms with E-state index in [9.17, 15) is 4.79 Å². The smallest absolute Gasteiger partial charge is 0.276 e. The SMILES string of the molecule is CN(Cc1ccc(Cl)cc1Cl)C1CCc2[nH]n(-c3ccccn3)c(=O)c2C1. The van der Waals surface area contributed by atoms with Crippen molar-refractivity contribution in [1.29, 1.82) is 0 Å². The molecule has 7 heteroatoms. The Kier molecular flexibility index (Phi) is 5.08. The number of rotatable bonds is 4. The third-order valence-electron chi connectivity index (χ3n) is 5.18. The van der Waals surface area contributed by atoms with E-state index in [4.69, 9.17) is 23.2 Å². The van der Waals surface area contributed by atoms with Crippen molar-refractivity contribution in [3.05, 3.63) is 79.8 Å². The number of aryl methyl sites for hydroxylation is 1. The summed E-state index contributed by atoms with van der Waals surface area (Å²) >= 11 is 12.3. The third kappa shape index (κ3) is 3.68. The average molecular weight is 403 g/mol. The van der Waals surface area contributed by atoms with Crippen molar-refractivity contribution >= 4 is 23.2 Å². The standard InChI is InChI=1S/C20H20Cl2N4O/c1-25(12-13-5-6-14(21)10-17(13)22)15-7-8-18-16(11-15)20(27)26(24-18)19-4-2-3-9-23-19/h2-6,9-10,15,24H,7-8,11-12H2,1H3. The summed E-state index contributed by atoms with van der Waals surface area (Å²) in [5, 5.41) is 4.54. The van der Waals surface area contributed by atoms with Gasteiger partial charge in [0.1, 0.15) is 0 Å². The van der Waals surface area contributed by atoms with Crippen LogP contribution in [0.3, 0.4) is 0 Å². The molecule has 0 radical (unpaired) electrons. The van der Waals surface area contributed by atoms with Crippen molar-refractivity contribution in [3.63, 3.8) is 0 Å². The van der Waals surface area contributed by atoms with Crippen LogP contribution in [0.15, 0.2) is 47.4 Å². The second kappa shape index (κ2) is 7.50. The zero-order chi connectivity index (χ0) is 19.0. The molecule has 1 unspecified atom stereocenters. The monoisotopic (exact) mass is 402 g/mol. The molecule has 2 aromatic heterocycles. The second-order valence-electron chi connectivity index (χ2n) is 6.94. The number of hydrogen-bond donors (Lipinski definition) is 1. The minimum Gasteiger partial charge on any atom is -0.299 e. The van der Waals surface area contributed by atoms with Crippen LogP contribution in [0.1, 0.15) is 23.2 Å². The Bertz CT molecular complexity index is 1010. The lowest BCUT2D eigenvalue weighted by Crippen LogP contribution is -2.37. The van der Waals surface area contributed by atoms with E-state index in [2.05, 4.69) is 22.0 Å². The number of nitrogens with one attached hydrogen (secondary N) is 1. The van der Waals surface area contributed by atoms with E-state index >= 15 is 0 Å². The summed E-state index contributed by atoms with van der Waals surface area (Å²) in [5.74, 6) is 0.620. The van der Waals surface area contributed by atoms with Crippen LogP contribution in [-0.2, 0) is 19.4 Å². The molecule has 1 atom stereocenters. The minimum absolute atomic E-state index is 0.00803. The van der Waals surface area contributed by atoms with Crippen LogP contribution in [0, 0.1) is 0 Å². The summed E-state index contributed by atoms with van der Waals surface area (Å²) in [6.07, 6.45) is 4.23. The Morgan fingerprint density at radius 3 is 2.89 bits per heavy atom. The Hall–Kier alpha value is -2.08. The number of pyridine rings is 1. The van der Waals surface area contributed by atoms with E-state index in [-0.39, 0.29) is 11.6 Å². The number of aromatic amines is 1. The molecule has 0 fully saturated rings. The van der Waals surface area contributed by atoms with Crippen molar-refractivity contribution in [2.45, 2.75) is 31.8 Å². The van der Waals surface area contributed by atoms with Crippen LogP contribution in [0.5, 0.6) is 0 Å². The van der Waals surface area contributed by atoms with Crippen LogP contribution >= 0.6 is 23.2 Å². The van der Waals surface area contributed by atoms with E-state index in [1.807, 2.05) is 30.3 Å². The van der Waals surface area contributed by atoms with Crippen molar-refractivity contribution in [2.24, 2.45) is 0 Å². The minimum atomic E-state index is -0.00803. The first-order valence-electron chi connectivity index (χ1n) is 8.91. The zero-order valence-electron chi connectivity index (χ0n) is 15.0. The van der Waals surface area contributed by atoms with E-state index in [0.717, 1.165) is 36.2 Å². The van der Waals surface area contributed by atoms with E-state index in [1.165, 1.54) is 0 Å². The molecule has 0 aliphatic heterocycles. The number of benzene rings is 1. The van der Waals surface area contributed by atoms with Crippen LogP contribution in [0.2, 0.25) is 10.0 Å². The maximum atomic E-state index is 12.9. The van der Waals surface area contributed by atoms with Crippen LogP contribution < -0.4 is 5.56 Å². The molecule has 4 rings (SSSR count). The zero-order valence-corrected chi connectivity index (χ0v) is 16.5. The molecule has 0 saturated carbocycles. The summed E-state index contributed by atoms with van der Waals surface area (Å²) in [6, 6.07) is 11.4. The average Bonchev–Trinajstić information content (AvgIpc) is 3.01. The maximum Gasteiger partial charge on any atom is 0.276 e. The molecule has 1 N–H and O–H groups in total. The topological polar surface area (TPSA) is 53.9 Å². The van der Waals surface area contributed by atoms with Gasteiger partial charge in [-0.2, -0.15) is 0 Å². The molecule has 5 nitrogen and oxygen atoms in total. The fourth-order valence-electron chi connectivity index (χ4n) is 3.65. The van der Waals surface area contributed by atoms with Crippen LogP contribution in [0.4, 0.5) is 0 Å². The predicted octanol–water partition coefficient (Wildman–Crippen LogP) is 3.86. The summed E-state index contributed by atoms with van der Waals surface area (Å²) in [5.41, 5.74) is 2.89. The molecular formula is C20H20Cl2N4O. The van der Waals surface area contributed by atoms with Gasteiger partial charge in [0.25, 0.3) is 5.56 Å². The first-order valence-corrected chi connectivity index (χ1v) is 9.67. The van der Waals surface area contributed by atoms with E-state index < -0.39 is 0 Å². The van der Waals surface area contributed by atoms with Crippen molar-refractivity contribution in [1.82, 2.24) is 19.7 Å². The summed E-state index contributed by atoms with van der Waals surface area (Å²) < 4.78 is 1.54. The fourth-order valence-corrected chi connectivity index (χ4v) is 4.12. The lowest BCUT2D eigenvalue weighted by Gasteiger charge is -2.31. The van der Waals surface area contributed by atoms with Gasteiger partial charge in [0.2, 0.25) is 0 Å². The number of hydrogen-bond acceptors (Lipinski definition) is 3. The lowest BCUT2D eigenvalue weighted by atomic mass is 9.92. The number of fused-ring (bicyclic) bond motifs is 1. The molecule has 1 aliphatic carbocycles. The van der Waals surface area contributed by atoms with Gasteiger partial charge in [-0.3, -0.25) is 14.8 Å². The quantitative estimate of drug-likeness (QED) is 0.720. The van der Waals surface area contributed by atoms with Crippen LogP contribution in [0.25, 0.3) is 5.82 Å². The molecule has 2 heterocycles. The highest BCUT2D eigenvalue weighted by Crippen LogP contribution is 2.26. The number of aromatic nitrogens is 3. The highest BCUT2D eigenvalue weighted by Gasteiger charge is 2.27. The highest BCUT2D eigenvalue weighted by atomic mass is 35.5. The Balaban J connectivity index is 1.54. The highest BCUT2D eigenvalue weighted by molar-refractivity contribution is 6.35. The Morgan fingerprint density at radius 2 is 2.15 bits per heavy atom. The summed E-state index contributed by atoms with van der Waals surface area (Å²) in [7, 11) is 2.07. The fraction of sp³-hybridized carbons (Fsp3) is 0.300. The van der Waals surface area contributed by atoms with Gasteiger partial charge in [0.05, 0.1) is 0 Å². The normalized spacial score (nSPS) is 16.5. The van der Waals surface area contributed by atoms with Crippen molar-refractivity contribution in [2.75, 3.05) is 7.05 Å². The second-order valence-corrected chi connectivity index (χ2v) is 7.79. The van der Waals surface area contributed by atoms with Gasteiger partial charge in [0.15, 0.2) is 5.82 Å². The van der Waals surface area contributed by atoms with Crippen molar-refractivity contribution in [3.8, 4) is 5.82 Å². The van der Waals surface area contributed by atoms with Gasteiger partial charge in [-0.1, -0.05) is 35.3 Å². The van der Waals surface area contributed by atoms with Gasteiger partial charge >= 0.3 is 0 Å². The predicted molar refractivity (Wildman–Crippen MR) is 108 cm³/mol. The maximum absolute atomic E-state index is 12.9. The Morgan fingerprint density at radius 1 is 1.30 bits per heavy atom. The van der Waals surface area contributed by atoms with Crippen molar-refractivity contribution < 1.29 is 0 Å². The molecule has 0 bridgehead atoms. The lowest BCUT2D eigenvalue weighted by molar-refractivity contribution is 0.213. The molecule has 3 aromatic rings. The molecular weight excluding hydrogens is 383 g/mol.